The second-order valence-electron chi connectivity index (χ2n) is 7.35. The Hall–Kier alpha value is -2.18. The molecule has 0 saturated carbocycles. The van der Waals surface area contributed by atoms with Gasteiger partial charge >= 0.3 is 0 Å². The molecule has 3 heterocycles. The van der Waals surface area contributed by atoms with E-state index < -0.39 is 0 Å². The van der Waals surface area contributed by atoms with Gasteiger partial charge in [-0.3, -0.25) is 4.79 Å². The quantitative estimate of drug-likeness (QED) is 0.737. The van der Waals surface area contributed by atoms with Crippen molar-refractivity contribution in [3.8, 4) is 0 Å². The van der Waals surface area contributed by atoms with Crippen LogP contribution in [-0.4, -0.2) is 59.5 Å². The van der Waals surface area contributed by atoms with E-state index >= 15 is 0 Å². The molecule has 1 fully saturated rings. The van der Waals surface area contributed by atoms with Crippen molar-refractivity contribution in [1.29, 1.82) is 0 Å². The molecule has 2 aromatic rings. The topological polar surface area (TPSA) is 58.6 Å². The maximum absolute atomic E-state index is 12.1. The van der Waals surface area contributed by atoms with Crippen molar-refractivity contribution >= 4 is 23.3 Å². The summed E-state index contributed by atoms with van der Waals surface area (Å²) in [5, 5.41) is 0. The van der Waals surface area contributed by atoms with Crippen LogP contribution in [-0.2, 0) is 28.9 Å². The number of morpholine rings is 1. The fourth-order valence-electron chi connectivity index (χ4n) is 3.86. The molecule has 1 amide bonds. The second-order valence-corrected chi connectivity index (χ2v) is 7.62. The predicted molar refractivity (Wildman–Crippen MR) is 109 cm³/mol. The van der Waals surface area contributed by atoms with Gasteiger partial charge in [-0.2, -0.15) is 0 Å². The number of benzene rings is 1. The van der Waals surface area contributed by atoms with Gasteiger partial charge in [0.25, 0.3) is 0 Å². The summed E-state index contributed by atoms with van der Waals surface area (Å²) in [5.74, 6) is 1.75. The zero-order valence-corrected chi connectivity index (χ0v) is 16.9. The summed E-state index contributed by atoms with van der Waals surface area (Å²) in [7, 11) is 0. The minimum Gasteiger partial charge on any atom is -0.378 e. The highest BCUT2D eigenvalue weighted by atomic mass is 35.5. The summed E-state index contributed by atoms with van der Waals surface area (Å²) in [5.41, 5.74) is 4.55. The number of carbonyl (C=O) groups is 1. The number of ether oxygens (including phenoxy) is 1. The minimum absolute atomic E-state index is 0.00845. The van der Waals surface area contributed by atoms with Crippen molar-refractivity contribution in [2.45, 2.75) is 26.3 Å². The predicted octanol–water partition coefficient (Wildman–Crippen LogP) is 2.34. The van der Waals surface area contributed by atoms with Crippen molar-refractivity contribution in [2.24, 2.45) is 0 Å². The molecule has 0 unspecified atom stereocenters. The lowest BCUT2D eigenvalue weighted by molar-refractivity contribution is -0.129. The van der Waals surface area contributed by atoms with Crippen LogP contribution in [0.15, 0.2) is 24.3 Å². The molecule has 0 N–H and O–H groups in total. The number of aryl methyl sites for hydroxylation is 1. The summed E-state index contributed by atoms with van der Waals surface area (Å²) in [4.78, 5) is 26.0. The van der Waals surface area contributed by atoms with E-state index in [9.17, 15) is 4.79 Å². The van der Waals surface area contributed by atoms with E-state index in [1.54, 1.807) is 0 Å². The number of carbonyl (C=O) groups excluding carboxylic acids is 1. The van der Waals surface area contributed by atoms with Gasteiger partial charge in [0, 0.05) is 38.0 Å². The van der Waals surface area contributed by atoms with E-state index in [2.05, 4.69) is 36.1 Å². The van der Waals surface area contributed by atoms with Crippen LogP contribution in [0.2, 0.25) is 0 Å². The Bertz CT molecular complexity index is 867. The highest BCUT2D eigenvalue weighted by molar-refractivity contribution is 6.27. The molecule has 1 aromatic carbocycles. The number of hydrogen-bond donors (Lipinski definition) is 0. The van der Waals surface area contributed by atoms with Crippen LogP contribution in [0.25, 0.3) is 0 Å². The minimum atomic E-state index is -0.0379. The van der Waals surface area contributed by atoms with Gasteiger partial charge in [-0.25, -0.2) is 9.97 Å². The molecule has 0 radical (unpaired) electrons. The summed E-state index contributed by atoms with van der Waals surface area (Å²) < 4.78 is 5.51. The molecule has 0 spiro atoms. The number of nitrogens with zero attached hydrogens (tertiary/aromatic N) is 4. The van der Waals surface area contributed by atoms with Crippen molar-refractivity contribution in [3.63, 3.8) is 0 Å². The molecule has 148 valence electrons. The van der Waals surface area contributed by atoms with Gasteiger partial charge in [0.1, 0.15) is 17.5 Å². The van der Waals surface area contributed by atoms with Crippen molar-refractivity contribution in [2.75, 3.05) is 43.6 Å². The second kappa shape index (κ2) is 8.45. The van der Waals surface area contributed by atoms with Gasteiger partial charge in [-0.15, -0.1) is 11.6 Å². The maximum atomic E-state index is 12.1. The number of alkyl halides is 1. The molecule has 0 atom stereocenters. The molecule has 2 aliphatic rings. The number of hydrogen-bond acceptors (Lipinski definition) is 5. The Morgan fingerprint density at radius 2 is 2.04 bits per heavy atom. The number of rotatable bonds is 4. The number of aromatic nitrogens is 2. The third-order valence-corrected chi connectivity index (χ3v) is 5.54. The molecular formula is C21H25ClN4O2. The van der Waals surface area contributed by atoms with Crippen LogP contribution in [0, 0.1) is 6.92 Å². The zero-order chi connectivity index (χ0) is 19.5. The Kier molecular flexibility index (Phi) is 5.78. The van der Waals surface area contributed by atoms with E-state index in [1.807, 2.05) is 4.90 Å². The van der Waals surface area contributed by atoms with Crippen LogP contribution >= 0.6 is 11.6 Å². The molecule has 0 aliphatic carbocycles. The molecule has 4 rings (SSSR count). The smallest absolute Gasteiger partial charge is 0.237 e. The lowest BCUT2D eigenvalue weighted by Gasteiger charge is -2.34. The lowest BCUT2D eigenvalue weighted by atomic mass is 10.0. The molecule has 7 heteroatoms. The number of halogens is 1. The third-order valence-electron chi connectivity index (χ3n) is 5.31. The molecule has 2 aliphatic heterocycles. The van der Waals surface area contributed by atoms with Gasteiger partial charge in [-0.05, 0) is 12.5 Å². The summed E-state index contributed by atoms with van der Waals surface area (Å²) in [6.07, 6.45) is 1.44. The highest BCUT2D eigenvalue weighted by Crippen LogP contribution is 2.28. The molecule has 1 saturated heterocycles. The number of fused-ring (bicyclic) bond motifs is 1. The zero-order valence-electron chi connectivity index (χ0n) is 16.2. The highest BCUT2D eigenvalue weighted by Gasteiger charge is 2.28. The Morgan fingerprint density at radius 3 is 2.79 bits per heavy atom. The van der Waals surface area contributed by atoms with E-state index in [4.69, 9.17) is 26.3 Å². The summed E-state index contributed by atoms with van der Waals surface area (Å²) >= 11 is 5.78. The molecule has 6 nitrogen and oxygen atoms in total. The van der Waals surface area contributed by atoms with E-state index in [0.717, 1.165) is 42.4 Å². The fourth-order valence-corrected chi connectivity index (χ4v) is 4.03. The standard InChI is InChI=1S/C21H25ClN4O2/c1-15-3-2-4-16(11-15)12-19-23-18-5-6-26(20(27)13-22)14-17(18)21(24-19)25-7-9-28-10-8-25/h2-4,11H,5-10,12-14H2,1H3. The fraction of sp³-hybridized carbons (Fsp3) is 0.476. The first-order chi connectivity index (χ1) is 13.6. The van der Waals surface area contributed by atoms with E-state index in [-0.39, 0.29) is 11.8 Å². The first kappa shape index (κ1) is 19.2. The molecule has 0 bridgehead atoms. The van der Waals surface area contributed by atoms with Gasteiger partial charge < -0.3 is 14.5 Å². The SMILES string of the molecule is Cc1cccc(Cc2nc3c(c(N4CCOCC4)n2)CN(C(=O)CCl)CC3)c1. The van der Waals surface area contributed by atoms with Crippen molar-refractivity contribution in [3.05, 3.63) is 52.5 Å². The largest absolute Gasteiger partial charge is 0.378 e. The summed E-state index contributed by atoms with van der Waals surface area (Å²) in [6.45, 7) is 6.26. The molecule has 28 heavy (non-hydrogen) atoms. The normalized spacial score (nSPS) is 16.8. The van der Waals surface area contributed by atoms with Gasteiger partial charge in [0.05, 0.1) is 25.5 Å². The Balaban J connectivity index is 1.69. The Morgan fingerprint density at radius 1 is 1.21 bits per heavy atom. The van der Waals surface area contributed by atoms with Gasteiger partial charge in [-0.1, -0.05) is 29.8 Å². The number of anilines is 1. The Labute approximate surface area is 170 Å². The monoisotopic (exact) mass is 400 g/mol. The third kappa shape index (κ3) is 4.13. The van der Waals surface area contributed by atoms with E-state index in [1.165, 1.54) is 11.1 Å². The van der Waals surface area contributed by atoms with Crippen LogP contribution in [0.4, 0.5) is 5.82 Å². The van der Waals surface area contributed by atoms with Crippen LogP contribution in [0.3, 0.4) is 0 Å². The first-order valence-corrected chi connectivity index (χ1v) is 10.3. The average molecular weight is 401 g/mol. The molecular weight excluding hydrogens is 376 g/mol. The van der Waals surface area contributed by atoms with Gasteiger partial charge in [0.2, 0.25) is 5.91 Å². The van der Waals surface area contributed by atoms with E-state index in [0.29, 0.717) is 32.7 Å². The number of amides is 1. The van der Waals surface area contributed by atoms with Crippen LogP contribution in [0.1, 0.15) is 28.2 Å². The van der Waals surface area contributed by atoms with Crippen molar-refractivity contribution < 1.29 is 9.53 Å². The first-order valence-electron chi connectivity index (χ1n) is 9.74. The average Bonchev–Trinajstić information content (AvgIpc) is 2.73. The van der Waals surface area contributed by atoms with Crippen molar-refractivity contribution in [1.82, 2.24) is 14.9 Å². The van der Waals surface area contributed by atoms with Gasteiger partial charge in [0.15, 0.2) is 0 Å². The summed E-state index contributed by atoms with van der Waals surface area (Å²) in [6, 6.07) is 8.46. The lowest BCUT2D eigenvalue weighted by Crippen LogP contribution is -2.41. The molecule has 1 aromatic heterocycles. The van der Waals surface area contributed by atoms with Crippen LogP contribution < -0.4 is 4.90 Å². The maximum Gasteiger partial charge on any atom is 0.237 e. The van der Waals surface area contributed by atoms with Crippen LogP contribution in [0.5, 0.6) is 0 Å².